The molecule has 1 saturated heterocycles. The van der Waals surface area contributed by atoms with E-state index in [-0.39, 0.29) is 11.9 Å². The lowest BCUT2D eigenvalue weighted by Crippen LogP contribution is -2.52. The van der Waals surface area contributed by atoms with Gasteiger partial charge in [0, 0.05) is 19.1 Å². The van der Waals surface area contributed by atoms with Gasteiger partial charge >= 0.3 is 0 Å². The van der Waals surface area contributed by atoms with Gasteiger partial charge in [-0.15, -0.1) is 0 Å². The van der Waals surface area contributed by atoms with Crippen molar-refractivity contribution in [1.29, 1.82) is 0 Å². The number of carbonyl (C=O) groups excluding carboxylic acids is 1. The van der Waals surface area contributed by atoms with Gasteiger partial charge in [-0.2, -0.15) is 0 Å². The number of aliphatic hydroxyl groups excluding tert-OH is 1. The SMILES string of the molecule is CC(O)CN1CCCC(NC2CC2)C1=O. The van der Waals surface area contributed by atoms with Crippen LogP contribution < -0.4 is 5.32 Å². The number of nitrogens with zero attached hydrogens (tertiary/aromatic N) is 1. The minimum Gasteiger partial charge on any atom is -0.392 e. The zero-order valence-corrected chi connectivity index (χ0v) is 9.28. The second kappa shape index (κ2) is 4.49. The third-order valence-electron chi connectivity index (χ3n) is 3.03. The Morgan fingerprint density at radius 2 is 2.27 bits per heavy atom. The Bertz CT molecular complexity index is 225. The summed E-state index contributed by atoms with van der Waals surface area (Å²) < 4.78 is 0. The normalized spacial score (nSPS) is 29.3. The molecule has 0 radical (unpaired) electrons. The predicted octanol–water partition coefficient (Wildman–Crippen LogP) is 0.110. The molecule has 1 aliphatic heterocycles. The van der Waals surface area contributed by atoms with Gasteiger partial charge in [-0.3, -0.25) is 4.79 Å². The van der Waals surface area contributed by atoms with Crippen LogP contribution in [0.2, 0.25) is 0 Å². The summed E-state index contributed by atoms with van der Waals surface area (Å²) in [4.78, 5) is 13.8. The van der Waals surface area contributed by atoms with Crippen molar-refractivity contribution >= 4 is 5.91 Å². The zero-order valence-electron chi connectivity index (χ0n) is 9.28. The number of piperidine rings is 1. The molecule has 0 spiro atoms. The van der Waals surface area contributed by atoms with Gasteiger partial charge in [-0.1, -0.05) is 0 Å². The number of likely N-dealkylation sites (tertiary alicyclic amines) is 1. The standard InChI is InChI=1S/C11H20N2O2/c1-8(14)7-13-6-2-3-10(11(13)15)12-9-4-5-9/h8-10,12,14H,2-7H2,1H3. The molecule has 1 saturated carbocycles. The lowest BCUT2D eigenvalue weighted by molar-refractivity contribution is -0.137. The quantitative estimate of drug-likeness (QED) is 0.695. The molecule has 2 unspecified atom stereocenters. The molecule has 2 rings (SSSR count). The lowest BCUT2D eigenvalue weighted by Gasteiger charge is -2.33. The van der Waals surface area contributed by atoms with E-state index in [0.717, 1.165) is 19.4 Å². The summed E-state index contributed by atoms with van der Waals surface area (Å²) in [5.74, 6) is 0.175. The highest BCUT2D eigenvalue weighted by atomic mass is 16.3. The number of hydrogen-bond acceptors (Lipinski definition) is 3. The molecule has 0 aromatic carbocycles. The number of hydrogen-bond donors (Lipinski definition) is 2. The molecule has 4 heteroatoms. The molecule has 0 aromatic heterocycles. The number of rotatable bonds is 4. The molecule has 86 valence electrons. The number of carbonyl (C=O) groups is 1. The molecule has 2 fully saturated rings. The van der Waals surface area contributed by atoms with Crippen molar-refractivity contribution in [2.24, 2.45) is 0 Å². The molecular formula is C11H20N2O2. The molecule has 1 aliphatic carbocycles. The van der Waals surface area contributed by atoms with E-state index in [1.54, 1.807) is 11.8 Å². The van der Waals surface area contributed by atoms with Crippen molar-refractivity contribution in [1.82, 2.24) is 10.2 Å². The van der Waals surface area contributed by atoms with Crippen LogP contribution in [0.15, 0.2) is 0 Å². The molecule has 2 atom stereocenters. The summed E-state index contributed by atoms with van der Waals surface area (Å²) in [5, 5.41) is 12.7. The third-order valence-corrected chi connectivity index (χ3v) is 3.03. The van der Waals surface area contributed by atoms with Crippen LogP contribution in [0, 0.1) is 0 Å². The van der Waals surface area contributed by atoms with Crippen molar-refractivity contribution in [3.05, 3.63) is 0 Å². The van der Waals surface area contributed by atoms with Gasteiger partial charge < -0.3 is 15.3 Å². The third kappa shape index (κ3) is 2.92. The molecule has 1 heterocycles. The highest BCUT2D eigenvalue weighted by Gasteiger charge is 2.33. The van der Waals surface area contributed by atoms with Crippen LogP contribution in [0.5, 0.6) is 0 Å². The maximum Gasteiger partial charge on any atom is 0.239 e. The minimum atomic E-state index is -0.423. The maximum absolute atomic E-state index is 12.0. The molecule has 0 aromatic rings. The zero-order chi connectivity index (χ0) is 10.8. The van der Waals surface area contributed by atoms with Gasteiger partial charge in [0.2, 0.25) is 5.91 Å². The molecule has 0 bridgehead atoms. The number of amides is 1. The Morgan fingerprint density at radius 1 is 1.53 bits per heavy atom. The fourth-order valence-corrected chi connectivity index (χ4v) is 2.13. The first-order chi connectivity index (χ1) is 7.16. The van der Waals surface area contributed by atoms with E-state index in [1.807, 2.05) is 0 Å². The van der Waals surface area contributed by atoms with Crippen LogP contribution in [-0.4, -0.2) is 47.2 Å². The molecule has 2 aliphatic rings. The van der Waals surface area contributed by atoms with Crippen molar-refractivity contribution in [3.8, 4) is 0 Å². The van der Waals surface area contributed by atoms with Crippen molar-refractivity contribution in [2.45, 2.75) is 50.8 Å². The maximum atomic E-state index is 12.0. The number of nitrogens with one attached hydrogen (secondary N) is 1. The van der Waals surface area contributed by atoms with Crippen LogP contribution in [0.4, 0.5) is 0 Å². The van der Waals surface area contributed by atoms with Crippen LogP contribution in [0.3, 0.4) is 0 Å². The highest BCUT2D eigenvalue weighted by molar-refractivity contribution is 5.82. The Hall–Kier alpha value is -0.610. The Morgan fingerprint density at radius 3 is 2.87 bits per heavy atom. The van der Waals surface area contributed by atoms with Gasteiger partial charge in [0.15, 0.2) is 0 Å². The Kier molecular flexibility index (Phi) is 3.26. The largest absolute Gasteiger partial charge is 0.392 e. The lowest BCUT2D eigenvalue weighted by atomic mass is 10.0. The second-order valence-electron chi connectivity index (χ2n) is 4.77. The van der Waals surface area contributed by atoms with Gasteiger partial charge in [-0.05, 0) is 32.6 Å². The van der Waals surface area contributed by atoms with Crippen molar-refractivity contribution in [3.63, 3.8) is 0 Å². The summed E-state index contributed by atoms with van der Waals surface area (Å²) in [6.45, 7) is 3.00. The molecule has 2 N–H and O–H groups in total. The van der Waals surface area contributed by atoms with E-state index in [2.05, 4.69) is 5.32 Å². The highest BCUT2D eigenvalue weighted by Crippen LogP contribution is 2.22. The van der Waals surface area contributed by atoms with Crippen LogP contribution in [-0.2, 0) is 4.79 Å². The van der Waals surface area contributed by atoms with E-state index in [9.17, 15) is 9.90 Å². The molecule has 4 nitrogen and oxygen atoms in total. The summed E-state index contributed by atoms with van der Waals surface area (Å²) in [7, 11) is 0. The summed E-state index contributed by atoms with van der Waals surface area (Å²) in [5.41, 5.74) is 0. The first-order valence-corrected chi connectivity index (χ1v) is 5.89. The predicted molar refractivity (Wildman–Crippen MR) is 57.4 cm³/mol. The molecular weight excluding hydrogens is 192 g/mol. The van der Waals surface area contributed by atoms with Gasteiger partial charge in [0.05, 0.1) is 12.1 Å². The van der Waals surface area contributed by atoms with E-state index >= 15 is 0 Å². The average Bonchev–Trinajstić information content (AvgIpc) is 2.95. The molecule has 15 heavy (non-hydrogen) atoms. The Labute approximate surface area is 90.6 Å². The summed E-state index contributed by atoms with van der Waals surface area (Å²) in [6, 6.07) is 0.579. The number of aliphatic hydroxyl groups is 1. The summed E-state index contributed by atoms with van der Waals surface area (Å²) >= 11 is 0. The van der Waals surface area contributed by atoms with Crippen LogP contribution >= 0.6 is 0 Å². The van der Waals surface area contributed by atoms with Crippen molar-refractivity contribution < 1.29 is 9.90 Å². The second-order valence-corrected chi connectivity index (χ2v) is 4.77. The van der Waals surface area contributed by atoms with Crippen molar-refractivity contribution in [2.75, 3.05) is 13.1 Å². The van der Waals surface area contributed by atoms with E-state index in [0.29, 0.717) is 12.6 Å². The van der Waals surface area contributed by atoms with Gasteiger partial charge in [-0.25, -0.2) is 0 Å². The monoisotopic (exact) mass is 212 g/mol. The topological polar surface area (TPSA) is 52.6 Å². The Balaban J connectivity index is 1.87. The van der Waals surface area contributed by atoms with Gasteiger partial charge in [0.1, 0.15) is 0 Å². The fourth-order valence-electron chi connectivity index (χ4n) is 2.13. The van der Waals surface area contributed by atoms with E-state index < -0.39 is 6.10 Å². The van der Waals surface area contributed by atoms with E-state index in [4.69, 9.17) is 0 Å². The van der Waals surface area contributed by atoms with E-state index in [1.165, 1.54) is 12.8 Å². The van der Waals surface area contributed by atoms with Gasteiger partial charge in [0.25, 0.3) is 0 Å². The fraction of sp³-hybridized carbons (Fsp3) is 0.909. The van der Waals surface area contributed by atoms with Crippen LogP contribution in [0.1, 0.15) is 32.6 Å². The molecule has 1 amide bonds. The van der Waals surface area contributed by atoms with Crippen LogP contribution in [0.25, 0.3) is 0 Å². The first kappa shape index (κ1) is 10.9. The minimum absolute atomic E-state index is 0.00463. The number of β-amino-alcohol motifs (C(OH)–C–C–N with tert-alkyl or cyclic N) is 1. The smallest absolute Gasteiger partial charge is 0.239 e. The summed E-state index contributed by atoms with van der Waals surface area (Å²) in [6.07, 6.45) is 3.99. The first-order valence-electron chi connectivity index (χ1n) is 5.89. The average molecular weight is 212 g/mol.